The number of rotatable bonds is 4. The Labute approximate surface area is 130 Å². The molecule has 0 aliphatic carbocycles. The SMILES string of the molecule is Cl.Fc1ccc(CCN2CCCCC2C2=N[N]N=C2)cc1. The van der Waals surface area contributed by atoms with Gasteiger partial charge in [0.05, 0.1) is 12.3 Å². The van der Waals surface area contributed by atoms with Crippen LogP contribution in [0.2, 0.25) is 0 Å². The number of halogens is 2. The van der Waals surface area contributed by atoms with Gasteiger partial charge in [0.2, 0.25) is 0 Å². The van der Waals surface area contributed by atoms with Crippen molar-refractivity contribution >= 4 is 24.3 Å². The summed E-state index contributed by atoms with van der Waals surface area (Å²) in [6.45, 7) is 2.04. The van der Waals surface area contributed by atoms with Gasteiger partial charge < -0.3 is 0 Å². The van der Waals surface area contributed by atoms with Gasteiger partial charge in [0, 0.05) is 6.54 Å². The molecule has 0 saturated carbocycles. The molecule has 2 heterocycles. The fourth-order valence-electron chi connectivity index (χ4n) is 2.86. The van der Waals surface area contributed by atoms with Gasteiger partial charge in [-0.2, -0.15) is 0 Å². The fraction of sp³-hybridized carbons (Fsp3) is 0.467. The molecule has 0 N–H and O–H groups in total. The monoisotopic (exact) mass is 309 g/mol. The second-order valence-corrected chi connectivity index (χ2v) is 5.28. The molecule has 21 heavy (non-hydrogen) atoms. The lowest BCUT2D eigenvalue weighted by molar-refractivity contribution is 0.195. The molecular formula is C15H19ClFN4. The molecule has 2 aliphatic heterocycles. The number of benzene rings is 1. The summed E-state index contributed by atoms with van der Waals surface area (Å²) < 4.78 is 12.9. The molecule has 1 fully saturated rings. The van der Waals surface area contributed by atoms with Crippen LogP contribution in [0.1, 0.15) is 24.8 Å². The molecule has 1 atom stereocenters. The Hall–Kier alpha value is -1.46. The lowest BCUT2D eigenvalue weighted by Gasteiger charge is -2.34. The van der Waals surface area contributed by atoms with E-state index in [1.54, 1.807) is 6.21 Å². The maximum atomic E-state index is 12.9. The summed E-state index contributed by atoms with van der Waals surface area (Å²) in [7, 11) is 0. The second kappa shape index (κ2) is 7.52. The van der Waals surface area contributed by atoms with E-state index in [-0.39, 0.29) is 18.2 Å². The highest BCUT2D eigenvalue weighted by Crippen LogP contribution is 2.19. The molecular weight excluding hydrogens is 291 g/mol. The molecule has 0 bridgehead atoms. The maximum absolute atomic E-state index is 12.9. The van der Waals surface area contributed by atoms with Crippen LogP contribution >= 0.6 is 12.4 Å². The van der Waals surface area contributed by atoms with Crippen LogP contribution < -0.4 is 5.53 Å². The van der Waals surface area contributed by atoms with Crippen LogP contribution in [-0.2, 0) is 6.42 Å². The van der Waals surface area contributed by atoms with E-state index in [1.807, 2.05) is 12.1 Å². The third-order valence-corrected chi connectivity index (χ3v) is 3.96. The van der Waals surface area contributed by atoms with Crippen LogP contribution in [0, 0.1) is 5.82 Å². The zero-order valence-corrected chi connectivity index (χ0v) is 12.6. The minimum atomic E-state index is -0.178. The van der Waals surface area contributed by atoms with E-state index in [4.69, 9.17) is 0 Å². The van der Waals surface area contributed by atoms with Gasteiger partial charge in [0.1, 0.15) is 11.5 Å². The van der Waals surface area contributed by atoms with Crippen LogP contribution in [-0.4, -0.2) is 36.0 Å². The van der Waals surface area contributed by atoms with E-state index in [0.717, 1.165) is 31.6 Å². The predicted octanol–water partition coefficient (Wildman–Crippen LogP) is 2.60. The summed E-state index contributed by atoms with van der Waals surface area (Å²) in [5.74, 6) is -0.178. The Balaban J connectivity index is 0.00000161. The Morgan fingerprint density at radius 2 is 2.00 bits per heavy atom. The van der Waals surface area contributed by atoms with Crippen LogP contribution in [0.3, 0.4) is 0 Å². The first kappa shape index (κ1) is 15.9. The zero-order valence-electron chi connectivity index (χ0n) is 11.8. The Bertz CT molecular complexity index is 515. The fourth-order valence-corrected chi connectivity index (χ4v) is 2.86. The number of hydrogen-bond acceptors (Lipinski definition) is 3. The van der Waals surface area contributed by atoms with Gasteiger partial charge in [-0.05, 0) is 49.0 Å². The number of likely N-dealkylation sites (tertiary alicyclic amines) is 1. The van der Waals surface area contributed by atoms with Gasteiger partial charge in [0.15, 0.2) is 0 Å². The summed E-state index contributed by atoms with van der Waals surface area (Å²) in [4.78, 5) is 2.44. The average Bonchev–Trinajstić information content (AvgIpc) is 3.01. The van der Waals surface area contributed by atoms with E-state index >= 15 is 0 Å². The van der Waals surface area contributed by atoms with E-state index in [9.17, 15) is 4.39 Å². The summed E-state index contributed by atoms with van der Waals surface area (Å²) in [6.07, 6.45) is 6.26. The number of nitrogens with zero attached hydrogens (tertiary/aromatic N) is 4. The standard InChI is InChI=1S/C15H18FN4.ClH/c16-13-6-4-12(5-7-13)8-10-20-9-2-1-3-15(20)14-11-17-19-18-14;/h4-7,11,15H,1-3,8-10H2;1H. The third kappa shape index (κ3) is 4.02. The summed E-state index contributed by atoms with van der Waals surface area (Å²) in [5, 5.41) is 7.93. The average molecular weight is 310 g/mol. The van der Waals surface area contributed by atoms with Crippen LogP contribution in [0.25, 0.3) is 0 Å². The normalized spacial score (nSPS) is 21.6. The quantitative estimate of drug-likeness (QED) is 0.843. The third-order valence-electron chi connectivity index (χ3n) is 3.96. The lowest BCUT2D eigenvalue weighted by Crippen LogP contribution is -2.45. The van der Waals surface area contributed by atoms with Gasteiger partial charge in [-0.25, -0.2) is 4.39 Å². The van der Waals surface area contributed by atoms with Crippen molar-refractivity contribution in [1.82, 2.24) is 10.4 Å². The molecule has 1 aromatic carbocycles. The highest BCUT2D eigenvalue weighted by molar-refractivity contribution is 6.33. The molecule has 113 valence electrons. The second-order valence-electron chi connectivity index (χ2n) is 5.28. The first-order valence-electron chi connectivity index (χ1n) is 7.12. The molecule has 1 saturated heterocycles. The Kier molecular flexibility index (Phi) is 5.70. The van der Waals surface area contributed by atoms with E-state index in [1.165, 1.54) is 30.5 Å². The minimum Gasteiger partial charge on any atom is -0.294 e. The molecule has 1 aromatic rings. The molecule has 0 spiro atoms. The highest BCUT2D eigenvalue weighted by Gasteiger charge is 2.27. The molecule has 1 radical (unpaired) electrons. The molecule has 1 unspecified atom stereocenters. The topological polar surface area (TPSA) is 42.1 Å². The first-order chi connectivity index (χ1) is 9.83. The molecule has 0 aromatic heterocycles. The maximum Gasteiger partial charge on any atom is 0.123 e. The molecule has 3 rings (SSSR count). The summed E-state index contributed by atoms with van der Waals surface area (Å²) >= 11 is 0. The van der Waals surface area contributed by atoms with Crippen LogP contribution in [0.15, 0.2) is 34.5 Å². The van der Waals surface area contributed by atoms with Gasteiger partial charge in [0.25, 0.3) is 0 Å². The van der Waals surface area contributed by atoms with E-state index in [0.29, 0.717) is 6.04 Å². The lowest BCUT2D eigenvalue weighted by atomic mass is 9.97. The summed E-state index contributed by atoms with van der Waals surface area (Å²) in [5.41, 5.74) is 5.84. The van der Waals surface area contributed by atoms with Gasteiger partial charge in [-0.15, -0.1) is 22.6 Å². The van der Waals surface area contributed by atoms with Gasteiger partial charge in [-0.3, -0.25) is 4.90 Å². The smallest absolute Gasteiger partial charge is 0.123 e. The van der Waals surface area contributed by atoms with Crippen molar-refractivity contribution in [2.45, 2.75) is 31.7 Å². The molecule has 2 aliphatic rings. The van der Waals surface area contributed by atoms with Crippen molar-refractivity contribution in [2.24, 2.45) is 10.2 Å². The van der Waals surface area contributed by atoms with E-state index < -0.39 is 0 Å². The number of piperidine rings is 1. The predicted molar refractivity (Wildman–Crippen MR) is 84.6 cm³/mol. The van der Waals surface area contributed by atoms with Crippen molar-refractivity contribution in [2.75, 3.05) is 13.1 Å². The molecule has 4 nitrogen and oxygen atoms in total. The minimum absolute atomic E-state index is 0. The van der Waals surface area contributed by atoms with Gasteiger partial charge >= 0.3 is 0 Å². The van der Waals surface area contributed by atoms with Crippen molar-refractivity contribution in [1.29, 1.82) is 0 Å². The van der Waals surface area contributed by atoms with Gasteiger partial charge in [-0.1, -0.05) is 18.6 Å². The molecule has 6 heteroatoms. The largest absolute Gasteiger partial charge is 0.294 e. The van der Waals surface area contributed by atoms with Crippen molar-refractivity contribution in [3.63, 3.8) is 0 Å². The highest BCUT2D eigenvalue weighted by atomic mass is 35.5. The first-order valence-corrected chi connectivity index (χ1v) is 7.12. The van der Waals surface area contributed by atoms with E-state index in [2.05, 4.69) is 20.6 Å². The number of hydrogen-bond donors (Lipinski definition) is 0. The Morgan fingerprint density at radius 3 is 2.71 bits per heavy atom. The summed E-state index contributed by atoms with van der Waals surface area (Å²) in [6, 6.07) is 7.10. The van der Waals surface area contributed by atoms with Crippen LogP contribution in [0.5, 0.6) is 0 Å². The van der Waals surface area contributed by atoms with Crippen molar-refractivity contribution < 1.29 is 4.39 Å². The zero-order chi connectivity index (χ0) is 13.8. The van der Waals surface area contributed by atoms with Crippen molar-refractivity contribution in [3.05, 3.63) is 35.6 Å². The Morgan fingerprint density at radius 1 is 1.19 bits per heavy atom. The van der Waals surface area contributed by atoms with Crippen LogP contribution in [0.4, 0.5) is 4.39 Å². The molecule has 0 amide bonds. The van der Waals surface area contributed by atoms with Crippen molar-refractivity contribution in [3.8, 4) is 0 Å².